The minimum absolute atomic E-state index is 0.0380. The minimum Gasteiger partial charge on any atom is -0.315 e. The number of hydrogen-bond donors (Lipinski definition) is 1. The Morgan fingerprint density at radius 3 is 2.72 bits per heavy atom. The van der Waals surface area contributed by atoms with E-state index >= 15 is 0 Å². The van der Waals surface area contributed by atoms with Gasteiger partial charge in [-0.3, -0.25) is 0 Å². The number of carbonyl (C=O) groups is 1. The van der Waals surface area contributed by atoms with E-state index in [1.165, 1.54) is 0 Å². The van der Waals surface area contributed by atoms with E-state index in [2.05, 4.69) is 20.1 Å². The number of aromatic nitrogens is 3. The third kappa shape index (κ3) is 4.13. The van der Waals surface area contributed by atoms with Crippen molar-refractivity contribution < 1.29 is 13.2 Å². The fraction of sp³-hybridized carbons (Fsp3) is 0.526. The van der Waals surface area contributed by atoms with Crippen molar-refractivity contribution in [1.29, 1.82) is 0 Å². The quantitative estimate of drug-likeness (QED) is 0.817. The molecule has 29 heavy (non-hydrogen) atoms. The second kappa shape index (κ2) is 8.11. The fourth-order valence-corrected chi connectivity index (χ4v) is 5.15. The minimum atomic E-state index is -3.20. The summed E-state index contributed by atoms with van der Waals surface area (Å²) in [4.78, 5) is 14.3. The van der Waals surface area contributed by atoms with Gasteiger partial charge in [-0.25, -0.2) is 17.5 Å². The second-order valence-corrected chi connectivity index (χ2v) is 9.70. The third-order valence-corrected chi connectivity index (χ3v) is 7.45. The molecule has 0 spiro atoms. The zero-order valence-corrected chi connectivity index (χ0v) is 17.3. The number of piperidine rings is 1. The maximum Gasteiger partial charge on any atom is 0.322 e. The molecule has 1 unspecified atom stereocenters. The summed E-state index contributed by atoms with van der Waals surface area (Å²) in [7, 11) is -3.20. The van der Waals surface area contributed by atoms with E-state index in [4.69, 9.17) is 0 Å². The summed E-state index contributed by atoms with van der Waals surface area (Å²) in [5.41, 5.74) is 0.754. The van der Waals surface area contributed by atoms with Gasteiger partial charge in [0, 0.05) is 37.8 Å². The second-order valence-electron chi connectivity index (χ2n) is 7.44. The largest absolute Gasteiger partial charge is 0.322 e. The summed E-state index contributed by atoms with van der Waals surface area (Å²) in [5.74, 6) is 1.73. The monoisotopic (exact) mass is 418 g/mol. The number of urea groups is 1. The highest BCUT2D eigenvalue weighted by atomic mass is 32.2. The van der Waals surface area contributed by atoms with Crippen molar-refractivity contribution in [1.82, 2.24) is 24.0 Å². The lowest BCUT2D eigenvalue weighted by Gasteiger charge is -2.33. The van der Waals surface area contributed by atoms with Crippen LogP contribution in [0.5, 0.6) is 0 Å². The van der Waals surface area contributed by atoms with Crippen LogP contribution < -0.4 is 5.32 Å². The molecule has 2 aliphatic heterocycles. The molecule has 0 bridgehead atoms. The number of nitrogens with zero attached hydrogens (tertiary/aromatic N) is 5. The molecule has 0 radical (unpaired) electrons. The summed E-state index contributed by atoms with van der Waals surface area (Å²) >= 11 is 0. The van der Waals surface area contributed by atoms with Gasteiger partial charge in [-0.15, -0.1) is 10.2 Å². The average molecular weight is 419 g/mol. The van der Waals surface area contributed by atoms with Crippen LogP contribution in [0, 0.1) is 0 Å². The first-order valence-corrected chi connectivity index (χ1v) is 11.6. The smallest absolute Gasteiger partial charge is 0.315 e. The van der Waals surface area contributed by atoms with Crippen molar-refractivity contribution in [3.63, 3.8) is 0 Å². The summed E-state index contributed by atoms with van der Waals surface area (Å²) in [5, 5.41) is 11.6. The van der Waals surface area contributed by atoms with Crippen LogP contribution in [0.4, 0.5) is 10.5 Å². The Morgan fingerprint density at radius 1 is 1.17 bits per heavy atom. The number of nitrogens with one attached hydrogen (secondary N) is 1. The number of sulfonamides is 1. The number of rotatable bonds is 4. The molecule has 10 heteroatoms. The van der Waals surface area contributed by atoms with E-state index in [-0.39, 0.29) is 17.7 Å². The molecule has 0 saturated carbocycles. The topological polar surface area (TPSA) is 100 Å². The van der Waals surface area contributed by atoms with Crippen LogP contribution in [0.25, 0.3) is 0 Å². The zero-order valence-electron chi connectivity index (χ0n) is 16.5. The number of benzene rings is 1. The predicted octanol–water partition coefficient (Wildman–Crippen LogP) is 1.85. The van der Waals surface area contributed by atoms with E-state index in [0.29, 0.717) is 32.7 Å². The van der Waals surface area contributed by atoms with Crippen LogP contribution in [-0.4, -0.2) is 63.8 Å². The van der Waals surface area contributed by atoms with Crippen LogP contribution in [0.3, 0.4) is 0 Å². The van der Waals surface area contributed by atoms with Crippen LogP contribution in [0.15, 0.2) is 30.3 Å². The summed E-state index contributed by atoms with van der Waals surface area (Å²) < 4.78 is 28.1. The number of hydrogen-bond acceptors (Lipinski definition) is 5. The Bertz CT molecular complexity index is 975. The van der Waals surface area contributed by atoms with Crippen LogP contribution >= 0.6 is 0 Å². The highest BCUT2D eigenvalue weighted by Gasteiger charge is 2.33. The van der Waals surface area contributed by atoms with Crippen molar-refractivity contribution in [2.75, 3.05) is 30.7 Å². The van der Waals surface area contributed by atoms with Gasteiger partial charge in [-0.1, -0.05) is 18.2 Å². The number of anilines is 1. The molecule has 1 saturated heterocycles. The number of para-hydroxylation sites is 1. The van der Waals surface area contributed by atoms with Crippen molar-refractivity contribution in [3.05, 3.63) is 42.0 Å². The van der Waals surface area contributed by atoms with E-state index in [1.54, 1.807) is 16.1 Å². The van der Waals surface area contributed by atoms with E-state index in [1.807, 2.05) is 30.3 Å². The van der Waals surface area contributed by atoms with E-state index in [0.717, 1.165) is 30.2 Å². The van der Waals surface area contributed by atoms with Crippen molar-refractivity contribution in [2.45, 2.75) is 38.8 Å². The predicted molar refractivity (Wildman–Crippen MR) is 109 cm³/mol. The van der Waals surface area contributed by atoms with Crippen molar-refractivity contribution >= 4 is 21.7 Å². The molecule has 1 aromatic heterocycles. The zero-order chi connectivity index (χ0) is 20.4. The molecule has 0 aliphatic carbocycles. The van der Waals surface area contributed by atoms with Crippen molar-refractivity contribution in [3.8, 4) is 0 Å². The summed E-state index contributed by atoms with van der Waals surface area (Å²) in [6.07, 6.45) is 1.71. The highest BCUT2D eigenvalue weighted by molar-refractivity contribution is 7.89. The Balaban J connectivity index is 1.45. The average Bonchev–Trinajstić information content (AvgIpc) is 3.18. The molecule has 1 atom stereocenters. The molecule has 1 N–H and O–H groups in total. The molecule has 2 aromatic rings. The van der Waals surface area contributed by atoms with Crippen LogP contribution in [0.2, 0.25) is 0 Å². The molecule has 2 amide bonds. The molecular weight excluding hydrogens is 392 g/mol. The molecule has 9 nitrogen and oxygen atoms in total. The Labute approximate surface area is 170 Å². The SMILES string of the molecule is CCS(=O)(=O)N1CCCC(c2nnc3n2CCN(C(=O)Nc2ccccc2)C3)C1. The molecule has 4 rings (SSSR count). The van der Waals surface area contributed by atoms with Gasteiger partial charge in [0.25, 0.3) is 0 Å². The highest BCUT2D eigenvalue weighted by Crippen LogP contribution is 2.29. The standard InChI is InChI=1S/C19H26N6O3S/c1-2-29(27,28)24-10-6-7-15(13-24)18-22-21-17-14-23(11-12-25(17)18)19(26)20-16-8-4-3-5-9-16/h3-5,8-9,15H,2,6-7,10-14H2,1H3,(H,20,26). The molecule has 3 heterocycles. The maximum atomic E-state index is 12.6. The first-order chi connectivity index (χ1) is 14.0. The van der Waals surface area contributed by atoms with Crippen molar-refractivity contribution in [2.24, 2.45) is 0 Å². The number of amides is 2. The first kappa shape index (κ1) is 19.8. The first-order valence-electron chi connectivity index (χ1n) is 9.98. The third-order valence-electron chi connectivity index (χ3n) is 5.60. The lowest BCUT2D eigenvalue weighted by atomic mass is 9.98. The van der Waals surface area contributed by atoms with E-state index < -0.39 is 10.0 Å². The summed E-state index contributed by atoms with van der Waals surface area (Å²) in [6.45, 7) is 4.24. The van der Waals surface area contributed by atoms with Crippen LogP contribution in [-0.2, 0) is 23.1 Å². The maximum absolute atomic E-state index is 12.6. The van der Waals surface area contributed by atoms with Crippen LogP contribution in [0.1, 0.15) is 37.3 Å². The Hall–Kier alpha value is -2.46. The van der Waals surface area contributed by atoms with Gasteiger partial charge in [-0.2, -0.15) is 0 Å². The molecular formula is C19H26N6O3S. The fourth-order valence-electron chi connectivity index (χ4n) is 3.97. The Kier molecular flexibility index (Phi) is 5.55. The molecule has 1 aromatic carbocycles. The number of carbonyl (C=O) groups excluding carboxylic acids is 1. The van der Waals surface area contributed by atoms with Gasteiger partial charge in [0.15, 0.2) is 5.82 Å². The summed E-state index contributed by atoms with van der Waals surface area (Å²) in [6, 6.07) is 9.19. The molecule has 1 fully saturated rings. The number of fused-ring (bicyclic) bond motifs is 1. The van der Waals surface area contributed by atoms with Gasteiger partial charge in [-0.05, 0) is 31.9 Å². The van der Waals surface area contributed by atoms with Gasteiger partial charge in [0.2, 0.25) is 10.0 Å². The van der Waals surface area contributed by atoms with Gasteiger partial charge >= 0.3 is 6.03 Å². The molecule has 2 aliphatic rings. The lowest BCUT2D eigenvalue weighted by Crippen LogP contribution is -2.43. The Morgan fingerprint density at radius 2 is 1.97 bits per heavy atom. The van der Waals surface area contributed by atoms with Gasteiger partial charge in [0.05, 0.1) is 12.3 Å². The van der Waals surface area contributed by atoms with E-state index in [9.17, 15) is 13.2 Å². The van der Waals surface area contributed by atoms with Gasteiger partial charge < -0.3 is 14.8 Å². The normalized spacial score (nSPS) is 20.3. The molecule has 156 valence electrons. The van der Waals surface area contributed by atoms with Gasteiger partial charge in [0.1, 0.15) is 5.82 Å². The lowest BCUT2D eigenvalue weighted by molar-refractivity contribution is 0.194.